The van der Waals surface area contributed by atoms with Crippen LogP contribution in [0.5, 0.6) is 0 Å². The number of aliphatic hydroxyl groups excluding tert-OH is 1. The highest BCUT2D eigenvalue weighted by Crippen LogP contribution is 2.60. The molecule has 1 atom stereocenters. The number of methoxy groups -OCH3 is 1. The van der Waals surface area contributed by atoms with Gasteiger partial charge in [0.05, 0.1) is 12.7 Å². The monoisotopic (exact) mass is 267 g/mol. The average Bonchev–Trinajstić information content (AvgIpc) is 2.25. The maximum Gasteiger partial charge on any atom is 0.0899 e. The highest BCUT2D eigenvalue weighted by molar-refractivity contribution is 5.02. The van der Waals surface area contributed by atoms with Crippen LogP contribution in [0.2, 0.25) is 0 Å². The molecule has 0 aromatic carbocycles. The van der Waals surface area contributed by atoms with Crippen molar-refractivity contribution in [1.29, 1.82) is 0 Å². The van der Waals surface area contributed by atoms with Crippen molar-refractivity contribution < 1.29 is 9.84 Å². The minimum absolute atomic E-state index is 0.344. The molecule has 1 N–H and O–H groups in total. The molecule has 4 aliphatic rings. The van der Waals surface area contributed by atoms with Crippen LogP contribution >= 0.6 is 0 Å². The van der Waals surface area contributed by atoms with E-state index in [1.54, 1.807) is 7.11 Å². The SMILES string of the molecule is COCC(O)CN(C)CC12CC3CC(CC(C3)C1)C2. The van der Waals surface area contributed by atoms with Crippen LogP contribution in [0.1, 0.15) is 38.5 Å². The van der Waals surface area contributed by atoms with Gasteiger partial charge in [-0.3, -0.25) is 0 Å². The van der Waals surface area contributed by atoms with E-state index < -0.39 is 0 Å². The standard InChI is InChI=1S/C16H29NO2/c1-17(9-15(18)10-19-2)11-16-6-12-3-13(7-16)5-14(4-12)8-16/h12-15,18H,3-11H2,1-2H3. The first-order valence-corrected chi connectivity index (χ1v) is 7.94. The molecule has 0 heterocycles. The first kappa shape index (κ1) is 13.8. The highest BCUT2D eigenvalue weighted by Gasteiger charge is 2.50. The summed E-state index contributed by atoms with van der Waals surface area (Å²) in [4.78, 5) is 2.34. The van der Waals surface area contributed by atoms with Gasteiger partial charge in [0.1, 0.15) is 0 Å². The fourth-order valence-corrected chi connectivity index (χ4v) is 5.73. The normalized spacial score (nSPS) is 42.0. The molecule has 0 amide bonds. The van der Waals surface area contributed by atoms with E-state index in [0.717, 1.165) is 24.3 Å². The second kappa shape index (κ2) is 5.34. The summed E-state index contributed by atoms with van der Waals surface area (Å²) in [6.45, 7) is 2.37. The van der Waals surface area contributed by atoms with Crippen LogP contribution in [-0.4, -0.2) is 50.0 Å². The van der Waals surface area contributed by atoms with Gasteiger partial charge in [-0.15, -0.1) is 0 Å². The molecule has 4 fully saturated rings. The molecule has 4 aliphatic carbocycles. The van der Waals surface area contributed by atoms with E-state index in [1.165, 1.54) is 45.1 Å². The van der Waals surface area contributed by atoms with Crippen molar-refractivity contribution >= 4 is 0 Å². The molecular formula is C16H29NO2. The van der Waals surface area contributed by atoms with Crippen molar-refractivity contribution in [2.45, 2.75) is 44.6 Å². The molecule has 0 saturated heterocycles. The maximum absolute atomic E-state index is 9.87. The molecule has 0 aromatic heterocycles. The van der Waals surface area contributed by atoms with E-state index in [2.05, 4.69) is 11.9 Å². The van der Waals surface area contributed by atoms with Crippen molar-refractivity contribution in [3.05, 3.63) is 0 Å². The van der Waals surface area contributed by atoms with Crippen LogP contribution in [-0.2, 0) is 4.74 Å². The van der Waals surface area contributed by atoms with Crippen LogP contribution in [0, 0.1) is 23.2 Å². The summed E-state index contributed by atoms with van der Waals surface area (Å²) in [6.07, 6.45) is 8.53. The average molecular weight is 267 g/mol. The zero-order valence-corrected chi connectivity index (χ0v) is 12.5. The Morgan fingerprint density at radius 2 is 1.68 bits per heavy atom. The largest absolute Gasteiger partial charge is 0.389 e. The first-order chi connectivity index (χ1) is 9.08. The Bertz CT molecular complexity index is 283. The molecule has 3 nitrogen and oxygen atoms in total. The van der Waals surface area contributed by atoms with Gasteiger partial charge in [0.15, 0.2) is 0 Å². The molecule has 19 heavy (non-hydrogen) atoms. The summed E-state index contributed by atoms with van der Waals surface area (Å²) < 4.78 is 5.02. The van der Waals surface area contributed by atoms with Gasteiger partial charge < -0.3 is 14.7 Å². The molecule has 0 aliphatic heterocycles. The fraction of sp³-hybridized carbons (Fsp3) is 1.00. The minimum Gasteiger partial charge on any atom is -0.389 e. The summed E-state index contributed by atoms with van der Waals surface area (Å²) >= 11 is 0. The number of rotatable bonds is 6. The van der Waals surface area contributed by atoms with Crippen molar-refractivity contribution in [3.8, 4) is 0 Å². The van der Waals surface area contributed by atoms with E-state index in [4.69, 9.17) is 4.74 Å². The van der Waals surface area contributed by atoms with Gasteiger partial charge in [0, 0.05) is 20.2 Å². The summed E-state index contributed by atoms with van der Waals surface area (Å²) in [5, 5.41) is 9.87. The Balaban J connectivity index is 1.57. The number of hydrogen-bond acceptors (Lipinski definition) is 3. The Hall–Kier alpha value is -0.120. The van der Waals surface area contributed by atoms with Gasteiger partial charge >= 0.3 is 0 Å². The molecule has 4 rings (SSSR count). The van der Waals surface area contributed by atoms with Crippen molar-refractivity contribution in [3.63, 3.8) is 0 Å². The molecule has 3 heteroatoms. The van der Waals surface area contributed by atoms with E-state index >= 15 is 0 Å². The summed E-state index contributed by atoms with van der Waals surface area (Å²) in [6, 6.07) is 0. The third kappa shape index (κ3) is 2.98. The van der Waals surface area contributed by atoms with Gasteiger partial charge in [-0.1, -0.05) is 0 Å². The van der Waals surface area contributed by atoms with E-state index in [-0.39, 0.29) is 6.10 Å². The number of nitrogens with zero attached hydrogens (tertiary/aromatic N) is 1. The van der Waals surface area contributed by atoms with Gasteiger partial charge in [0.2, 0.25) is 0 Å². The van der Waals surface area contributed by atoms with Crippen LogP contribution in [0.3, 0.4) is 0 Å². The van der Waals surface area contributed by atoms with Crippen LogP contribution < -0.4 is 0 Å². The topological polar surface area (TPSA) is 32.7 Å². The van der Waals surface area contributed by atoms with Crippen molar-refractivity contribution in [1.82, 2.24) is 4.90 Å². The number of hydrogen-bond donors (Lipinski definition) is 1. The summed E-state index contributed by atoms with van der Waals surface area (Å²) in [5.74, 6) is 3.05. The first-order valence-electron chi connectivity index (χ1n) is 7.94. The molecule has 1 unspecified atom stereocenters. The predicted molar refractivity (Wildman–Crippen MR) is 76.0 cm³/mol. The van der Waals surface area contributed by atoms with E-state index in [1.807, 2.05) is 0 Å². The lowest BCUT2D eigenvalue weighted by atomic mass is 9.49. The van der Waals surface area contributed by atoms with Gasteiger partial charge in [-0.05, 0) is 68.7 Å². The lowest BCUT2D eigenvalue weighted by Gasteiger charge is -2.57. The highest BCUT2D eigenvalue weighted by atomic mass is 16.5. The van der Waals surface area contributed by atoms with Crippen LogP contribution in [0.15, 0.2) is 0 Å². The fourth-order valence-electron chi connectivity index (χ4n) is 5.73. The van der Waals surface area contributed by atoms with Gasteiger partial charge in [-0.25, -0.2) is 0 Å². The molecule has 110 valence electrons. The number of aliphatic hydroxyl groups is 1. The zero-order chi connectivity index (χ0) is 13.5. The van der Waals surface area contributed by atoms with Crippen molar-refractivity contribution in [2.75, 3.05) is 33.9 Å². The predicted octanol–water partition coefficient (Wildman–Crippen LogP) is 2.14. The molecule has 0 spiro atoms. The lowest BCUT2D eigenvalue weighted by Crippen LogP contribution is -2.51. The van der Waals surface area contributed by atoms with Gasteiger partial charge in [0.25, 0.3) is 0 Å². The minimum atomic E-state index is -0.344. The van der Waals surface area contributed by atoms with Gasteiger partial charge in [-0.2, -0.15) is 0 Å². The Kier molecular flexibility index (Phi) is 3.89. The number of likely N-dealkylation sites (N-methyl/N-ethyl adjacent to an activating group) is 1. The molecule has 4 saturated carbocycles. The molecular weight excluding hydrogens is 238 g/mol. The summed E-state index contributed by atoms with van der Waals surface area (Å²) in [5.41, 5.74) is 0.580. The Morgan fingerprint density at radius 1 is 1.16 bits per heavy atom. The lowest BCUT2D eigenvalue weighted by molar-refractivity contribution is -0.0711. The zero-order valence-electron chi connectivity index (χ0n) is 12.5. The smallest absolute Gasteiger partial charge is 0.0899 e. The third-order valence-corrected chi connectivity index (χ3v) is 5.65. The second-order valence-corrected chi connectivity index (χ2v) is 7.72. The van der Waals surface area contributed by atoms with Crippen LogP contribution in [0.4, 0.5) is 0 Å². The Labute approximate surface area is 117 Å². The molecule has 0 radical (unpaired) electrons. The molecule has 0 aromatic rings. The van der Waals surface area contributed by atoms with E-state index in [0.29, 0.717) is 12.0 Å². The van der Waals surface area contributed by atoms with Crippen molar-refractivity contribution in [2.24, 2.45) is 23.2 Å². The quantitative estimate of drug-likeness (QED) is 0.800. The maximum atomic E-state index is 9.87. The Morgan fingerprint density at radius 3 is 2.16 bits per heavy atom. The van der Waals surface area contributed by atoms with E-state index in [9.17, 15) is 5.11 Å². The third-order valence-electron chi connectivity index (χ3n) is 5.65. The number of ether oxygens (including phenoxy) is 1. The van der Waals surface area contributed by atoms with Crippen LogP contribution in [0.25, 0.3) is 0 Å². The second-order valence-electron chi connectivity index (χ2n) is 7.72. The molecule has 4 bridgehead atoms. The summed E-state index contributed by atoms with van der Waals surface area (Å²) in [7, 11) is 3.82.